The van der Waals surface area contributed by atoms with Gasteiger partial charge in [0, 0.05) is 11.3 Å². The topological polar surface area (TPSA) is 35.8 Å². The van der Waals surface area contributed by atoms with Crippen molar-refractivity contribution in [2.75, 3.05) is 5.32 Å². The summed E-state index contributed by atoms with van der Waals surface area (Å²) in [6, 6.07) is 13.5. The molecule has 0 bridgehead atoms. The number of hydrogen-bond acceptors (Lipinski definition) is 2. The molecule has 0 saturated heterocycles. The van der Waals surface area contributed by atoms with Crippen LogP contribution in [-0.4, -0.2) is 0 Å². The minimum Gasteiger partial charge on any atom is -0.366 e. The minimum atomic E-state index is -0.777. The van der Waals surface area contributed by atoms with Crippen molar-refractivity contribution in [1.29, 1.82) is 5.26 Å². The van der Waals surface area contributed by atoms with Gasteiger partial charge in [-0.25, -0.2) is 4.39 Å². The van der Waals surface area contributed by atoms with E-state index in [0.29, 0.717) is 0 Å². The number of halogens is 2. The molecule has 0 aliphatic rings. The Bertz CT molecular complexity index is 634. The van der Waals surface area contributed by atoms with Crippen molar-refractivity contribution < 1.29 is 4.39 Å². The van der Waals surface area contributed by atoms with E-state index in [2.05, 4.69) is 5.32 Å². The number of aryl methyl sites for hydroxylation is 1. The summed E-state index contributed by atoms with van der Waals surface area (Å²) >= 11 is 5.73. The van der Waals surface area contributed by atoms with Crippen LogP contribution in [0.25, 0.3) is 0 Å². The van der Waals surface area contributed by atoms with Crippen LogP contribution >= 0.6 is 11.6 Å². The minimum absolute atomic E-state index is 0.0174. The number of nitriles is 1. The van der Waals surface area contributed by atoms with Crippen LogP contribution in [0.4, 0.5) is 10.1 Å². The number of nitrogens with one attached hydrogen (secondary N) is 1. The van der Waals surface area contributed by atoms with E-state index in [1.54, 1.807) is 12.1 Å². The van der Waals surface area contributed by atoms with Gasteiger partial charge in [-0.2, -0.15) is 5.26 Å². The standard InChI is InChI=1S/C15H12ClFN2/c1-10-4-2-5-11(8-10)19-14(9-18)12-6-3-7-13(16)15(12)17/h2-8,14,19H,1H3. The fraction of sp³-hybridized carbons (Fsp3) is 0.133. The Morgan fingerprint density at radius 1 is 1.26 bits per heavy atom. The summed E-state index contributed by atoms with van der Waals surface area (Å²) in [6.07, 6.45) is 0. The van der Waals surface area contributed by atoms with Crippen LogP contribution in [0, 0.1) is 24.1 Å². The second-order valence-electron chi connectivity index (χ2n) is 4.22. The van der Waals surface area contributed by atoms with Crippen LogP contribution < -0.4 is 5.32 Å². The monoisotopic (exact) mass is 274 g/mol. The summed E-state index contributed by atoms with van der Waals surface area (Å²) < 4.78 is 13.9. The molecule has 0 radical (unpaired) electrons. The van der Waals surface area contributed by atoms with E-state index in [1.807, 2.05) is 37.3 Å². The molecular formula is C15H12ClFN2. The zero-order chi connectivity index (χ0) is 13.8. The highest BCUT2D eigenvalue weighted by Crippen LogP contribution is 2.26. The van der Waals surface area contributed by atoms with Gasteiger partial charge in [0.1, 0.15) is 11.9 Å². The number of anilines is 1. The summed E-state index contributed by atoms with van der Waals surface area (Å²) in [5.74, 6) is -0.559. The third kappa shape index (κ3) is 3.04. The highest BCUT2D eigenvalue weighted by atomic mass is 35.5. The van der Waals surface area contributed by atoms with Gasteiger partial charge in [-0.1, -0.05) is 35.9 Å². The Kier molecular flexibility index (Phi) is 4.03. The molecule has 0 aliphatic carbocycles. The SMILES string of the molecule is Cc1cccc(NC(C#N)c2cccc(Cl)c2F)c1. The molecule has 1 N–H and O–H groups in total. The zero-order valence-corrected chi connectivity index (χ0v) is 11.1. The van der Waals surface area contributed by atoms with Crippen molar-refractivity contribution in [3.8, 4) is 6.07 Å². The summed E-state index contributed by atoms with van der Waals surface area (Å²) in [4.78, 5) is 0. The van der Waals surface area contributed by atoms with Gasteiger partial charge in [-0.15, -0.1) is 0 Å². The van der Waals surface area contributed by atoms with E-state index in [-0.39, 0.29) is 10.6 Å². The first-order valence-corrected chi connectivity index (χ1v) is 6.16. The van der Waals surface area contributed by atoms with Gasteiger partial charge < -0.3 is 5.32 Å². The van der Waals surface area contributed by atoms with E-state index in [1.165, 1.54) is 6.07 Å². The van der Waals surface area contributed by atoms with E-state index < -0.39 is 11.9 Å². The molecule has 4 heteroatoms. The van der Waals surface area contributed by atoms with Gasteiger partial charge in [-0.3, -0.25) is 0 Å². The number of benzene rings is 2. The van der Waals surface area contributed by atoms with Crippen molar-refractivity contribution >= 4 is 17.3 Å². The molecule has 2 rings (SSSR count). The Hall–Kier alpha value is -2.05. The molecule has 96 valence electrons. The smallest absolute Gasteiger partial charge is 0.148 e. The zero-order valence-electron chi connectivity index (χ0n) is 10.3. The van der Waals surface area contributed by atoms with Crippen molar-refractivity contribution in [2.45, 2.75) is 13.0 Å². The Morgan fingerprint density at radius 3 is 2.68 bits per heavy atom. The largest absolute Gasteiger partial charge is 0.366 e. The molecular weight excluding hydrogens is 263 g/mol. The summed E-state index contributed by atoms with van der Waals surface area (Å²) in [7, 11) is 0. The molecule has 0 fully saturated rings. The molecule has 19 heavy (non-hydrogen) atoms. The van der Waals surface area contributed by atoms with Gasteiger partial charge in [0.2, 0.25) is 0 Å². The summed E-state index contributed by atoms with van der Waals surface area (Å²) in [5, 5.41) is 12.2. The molecule has 1 unspecified atom stereocenters. The summed E-state index contributed by atoms with van der Waals surface area (Å²) in [5.41, 5.74) is 2.08. The van der Waals surface area contributed by atoms with Crippen LogP contribution in [0.2, 0.25) is 5.02 Å². The third-order valence-electron chi connectivity index (χ3n) is 2.75. The van der Waals surface area contributed by atoms with Crippen LogP contribution in [0.3, 0.4) is 0 Å². The maximum absolute atomic E-state index is 13.9. The van der Waals surface area contributed by atoms with E-state index in [9.17, 15) is 9.65 Å². The molecule has 0 aliphatic heterocycles. The van der Waals surface area contributed by atoms with Crippen molar-refractivity contribution in [1.82, 2.24) is 0 Å². The van der Waals surface area contributed by atoms with Gasteiger partial charge in [0.15, 0.2) is 0 Å². The molecule has 2 aromatic carbocycles. The lowest BCUT2D eigenvalue weighted by atomic mass is 10.1. The predicted octanol–water partition coefficient (Wildman–Crippen LogP) is 4.46. The Balaban J connectivity index is 2.31. The summed E-state index contributed by atoms with van der Waals surface area (Å²) in [6.45, 7) is 1.95. The quantitative estimate of drug-likeness (QED) is 0.897. The van der Waals surface area contributed by atoms with Crippen LogP contribution in [0.1, 0.15) is 17.2 Å². The lowest BCUT2D eigenvalue weighted by Gasteiger charge is -2.15. The molecule has 1 atom stereocenters. The number of nitrogens with zero attached hydrogens (tertiary/aromatic N) is 1. The van der Waals surface area contributed by atoms with Gasteiger partial charge in [-0.05, 0) is 30.7 Å². The third-order valence-corrected chi connectivity index (χ3v) is 3.04. The van der Waals surface area contributed by atoms with Crippen molar-refractivity contribution in [2.24, 2.45) is 0 Å². The average Bonchev–Trinajstić information content (AvgIpc) is 2.40. The predicted molar refractivity (Wildman–Crippen MR) is 74.6 cm³/mol. The molecule has 0 spiro atoms. The number of hydrogen-bond donors (Lipinski definition) is 1. The first-order chi connectivity index (χ1) is 9.11. The normalized spacial score (nSPS) is 11.7. The molecule has 0 heterocycles. The lowest BCUT2D eigenvalue weighted by molar-refractivity contribution is 0.608. The Morgan fingerprint density at radius 2 is 2.00 bits per heavy atom. The molecule has 0 saturated carbocycles. The molecule has 0 amide bonds. The van der Waals surface area contributed by atoms with E-state index >= 15 is 0 Å². The Labute approximate surface area is 116 Å². The maximum Gasteiger partial charge on any atom is 0.148 e. The fourth-order valence-electron chi connectivity index (χ4n) is 1.82. The van der Waals surface area contributed by atoms with Crippen LogP contribution in [-0.2, 0) is 0 Å². The second-order valence-corrected chi connectivity index (χ2v) is 4.63. The van der Waals surface area contributed by atoms with Crippen LogP contribution in [0.5, 0.6) is 0 Å². The second kappa shape index (κ2) is 5.73. The molecule has 0 aromatic heterocycles. The highest BCUT2D eigenvalue weighted by molar-refractivity contribution is 6.30. The fourth-order valence-corrected chi connectivity index (χ4v) is 2.01. The van der Waals surface area contributed by atoms with Crippen molar-refractivity contribution in [3.05, 3.63) is 64.4 Å². The van der Waals surface area contributed by atoms with E-state index in [4.69, 9.17) is 11.6 Å². The average molecular weight is 275 g/mol. The van der Waals surface area contributed by atoms with Gasteiger partial charge >= 0.3 is 0 Å². The molecule has 2 aromatic rings. The van der Waals surface area contributed by atoms with Gasteiger partial charge in [0.25, 0.3) is 0 Å². The molecule has 2 nitrogen and oxygen atoms in total. The highest BCUT2D eigenvalue weighted by Gasteiger charge is 2.16. The van der Waals surface area contributed by atoms with E-state index in [0.717, 1.165) is 11.3 Å². The van der Waals surface area contributed by atoms with Crippen molar-refractivity contribution in [3.63, 3.8) is 0 Å². The number of rotatable bonds is 3. The first kappa shape index (κ1) is 13.4. The maximum atomic E-state index is 13.9. The van der Waals surface area contributed by atoms with Crippen LogP contribution in [0.15, 0.2) is 42.5 Å². The van der Waals surface area contributed by atoms with Gasteiger partial charge in [0.05, 0.1) is 11.1 Å². The lowest BCUT2D eigenvalue weighted by Crippen LogP contribution is -2.10. The first-order valence-electron chi connectivity index (χ1n) is 5.78.